The number of nitriles is 1. The highest BCUT2D eigenvalue weighted by atomic mass is 16.7. The van der Waals surface area contributed by atoms with Crippen LogP contribution in [0.25, 0.3) is 0 Å². The lowest BCUT2D eigenvalue weighted by atomic mass is 9.92. The summed E-state index contributed by atoms with van der Waals surface area (Å²) >= 11 is 0. The van der Waals surface area contributed by atoms with Crippen LogP contribution < -0.4 is 0 Å². The van der Waals surface area contributed by atoms with E-state index in [1.165, 1.54) is 13.2 Å². The highest BCUT2D eigenvalue weighted by Gasteiger charge is 2.46. The molecule has 0 aromatic rings. The van der Waals surface area contributed by atoms with E-state index in [9.17, 15) is 25.5 Å². The number of ether oxygens (including phenoxy) is 3. The van der Waals surface area contributed by atoms with E-state index in [0.29, 0.717) is 5.57 Å². The maximum absolute atomic E-state index is 10.3. The van der Waals surface area contributed by atoms with E-state index in [2.05, 4.69) is 0 Å². The molecule has 9 nitrogen and oxygen atoms in total. The molecule has 0 unspecified atom stereocenters. The molecule has 24 heavy (non-hydrogen) atoms. The predicted octanol–water partition coefficient (Wildman–Crippen LogP) is -2.43. The summed E-state index contributed by atoms with van der Waals surface area (Å²) in [6.45, 7) is -0.598. The third-order valence-corrected chi connectivity index (χ3v) is 4.09. The highest BCUT2D eigenvalue weighted by molar-refractivity contribution is 5.34. The number of hydrogen-bond donors (Lipinski definition) is 5. The molecule has 2 aliphatic rings. The van der Waals surface area contributed by atoms with Gasteiger partial charge in [-0.3, -0.25) is 0 Å². The van der Waals surface area contributed by atoms with Gasteiger partial charge in [-0.25, -0.2) is 0 Å². The number of methoxy groups -OCH3 is 1. The van der Waals surface area contributed by atoms with Crippen molar-refractivity contribution in [2.75, 3.05) is 13.7 Å². The van der Waals surface area contributed by atoms with Crippen molar-refractivity contribution in [3.63, 3.8) is 0 Å². The average Bonchev–Trinajstić information content (AvgIpc) is 2.58. The molecular weight excluding hydrogens is 322 g/mol. The first-order valence-corrected chi connectivity index (χ1v) is 7.39. The Hall–Kier alpha value is -1.35. The van der Waals surface area contributed by atoms with Crippen molar-refractivity contribution in [3.05, 3.63) is 23.8 Å². The Balaban J connectivity index is 2.21. The first kappa shape index (κ1) is 19.0. The maximum Gasteiger partial charge on any atom is 0.187 e. The zero-order valence-corrected chi connectivity index (χ0v) is 13.0. The lowest BCUT2D eigenvalue weighted by molar-refractivity contribution is -0.315. The summed E-state index contributed by atoms with van der Waals surface area (Å²) in [5.41, 5.74) is 0.329. The Morgan fingerprint density at radius 3 is 2.50 bits per heavy atom. The van der Waals surface area contributed by atoms with Crippen LogP contribution in [0, 0.1) is 11.3 Å². The summed E-state index contributed by atoms with van der Waals surface area (Å²) < 4.78 is 15.9. The second kappa shape index (κ2) is 8.15. The molecule has 0 spiro atoms. The van der Waals surface area contributed by atoms with Crippen LogP contribution in [0.3, 0.4) is 0 Å². The standard InChI is InChI=1S/C15H21NO8/c1-22-8-3-2-7(4-5-16)14(11(8)19)24-15-13(21)12(20)10(18)9(6-17)23-15/h2-4,8-15,17-21H,6H2,1H3/t8-,9-,10-,11+,12+,13-,14+,15+/m1/s1. The Morgan fingerprint density at radius 1 is 1.21 bits per heavy atom. The van der Waals surface area contributed by atoms with Crippen LogP contribution in [0.1, 0.15) is 0 Å². The van der Waals surface area contributed by atoms with Crippen molar-refractivity contribution in [2.45, 2.75) is 49.0 Å². The van der Waals surface area contributed by atoms with Gasteiger partial charge in [-0.15, -0.1) is 0 Å². The zero-order valence-electron chi connectivity index (χ0n) is 13.0. The second-order valence-corrected chi connectivity index (χ2v) is 5.58. The van der Waals surface area contributed by atoms with Crippen molar-refractivity contribution < 1.29 is 39.7 Å². The fourth-order valence-corrected chi connectivity index (χ4v) is 2.69. The molecule has 1 aliphatic carbocycles. The van der Waals surface area contributed by atoms with Crippen molar-refractivity contribution in [3.8, 4) is 6.07 Å². The van der Waals surface area contributed by atoms with Gasteiger partial charge in [0.2, 0.25) is 0 Å². The highest BCUT2D eigenvalue weighted by Crippen LogP contribution is 2.29. The first-order chi connectivity index (χ1) is 11.4. The number of allylic oxidation sites excluding steroid dienone is 1. The average molecular weight is 343 g/mol. The van der Waals surface area contributed by atoms with Crippen LogP contribution in [0.15, 0.2) is 23.8 Å². The van der Waals surface area contributed by atoms with Crippen LogP contribution >= 0.6 is 0 Å². The number of aliphatic hydroxyl groups excluding tert-OH is 5. The molecule has 1 fully saturated rings. The van der Waals surface area contributed by atoms with Crippen LogP contribution in [0.4, 0.5) is 0 Å². The molecular formula is C15H21NO8. The van der Waals surface area contributed by atoms with E-state index in [1.807, 2.05) is 6.07 Å². The lowest BCUT2D eigenvalue weighted by Gasteiger charge is -2.42. The minimum Gasteiger partial charge on any atom is -0.394 e. The Bertz CT molecular complexity index is 528. The number of hydrogen-bond acceptors (Lipinski definition) is 9. The minimum atomic E-state index is -1.61. The summed E-state index contributed by atoms with van der Waals surface area (Å²) in [5.74, 6) is 0. The van der Waals surface area contributed by atoms with Gasteiger partial charge in [-0.05, 0) is 5.57 Å². The van der Waals surface area contributed by atoms with Gasteiger partial charge in [0.15, 0.2) is 6.29 Å². The fraction of sp³-hybridized carbons (Fsp3) is 0.667. The van der Waals surface area contributed by atoms with Gasteiger partial charge in [0.25, 0.3) is 0 Å². The van der Waals surface area contributed by atoms with Gasteiger partial charge in [0.1, 0.15) is 42.7 Å². The molecule has 0 bridgehead atoms. The van der Waals surface area contributed by atoms with E-state index in [1.54, 1.807) is 12.2 Å². The Kier molecular flexibility index (Phi) is 6.45. The third kappa shape index (κ3) is 3.66. The van der Waals surface area contributed by atoms with Crippen molar-refractivity contribution in [1.82, 2.24) is 0 Å². The van der Waals surface area contributed by atoms with Crippen molar-refractivity contribution >= 4 is 0 Å². The van der Waals surface area contributed by atoms with E-state index < -0.39 is 55.6 Å². The third-order valence-electron chi connectivity index (χ3n) is 4.09. The molecule has 0 radical (unpaired) electrons. The number of rotatable bonds is 4. The summed E-state index contributed by atoms with van der Waals surface area (Å²) in [4.78, 5) is 0. The van der Waals surface area contributed by atoms with Gasteiger partial charge in [0.05, 0.1) is 12.7 Å². The first-order valence-electron chi connectivity index (χ1n) is 7.39. The number of nitrogens with zero attached hydrogens (tertiary/aromatic N) is 1. The van der Waals surface area contributed by atoms with Crippen molar-refractivity contribution in [2.24, 2.45) is 0 Å². The van der Waals surface area contributed by atoms with Gasteiger partial charge in [-0.1, -0.05) is 12.2 Å². The SMILES string of the molecule is CO[C@@H]1C=CC(=CC#N)[C@H](O[C@@H]2O[C@H](CO)[C@@H](O)[C@H](O)[C@H]2O)[C@H]1O. The molecule has 2 rings (SSSR count). The summed E-state index contributed by atoms with van der Waals surface area (Å²) in [5, 5.41) is 57.9. The van der Waals surface area contributed by atoms with E-state index in [-0.39, 0.29) is 0 Å². The molecule has 9 heteroatoms. The summed E-state index contributed by atoms with van der Waals surface area (Å²) in [6, 6.07) is 1.83. The Labute approximate surface area is 138 Å². The molecule has 1 aliphatic heterocycles. The van der Waals surface area contributed by atoms with Gasteiger partial charge in [-0.2, -0.15) is 5.26 Å². The molecule has 134 valence electrons. The molecule has 0 amide bonds. The quantitative estimate of drug-likeness (QED) is 0.351. The smallest absolute Gasteiger partial charge is 0.187 e. The molecule has 1 saturated heterocycles. The molecule has 0 saturated carbocycles. The van der Waals surface area contributed by atoms with E-state index >= 15 is 0 Å². The molecule has 8 atom stereocenters. The predicted molar refractivity (Wildman–Crippen MR) is 78.3 cm³/mol. The molecule has 0 aromatic heterocycles. The Morgan fingerprint density at radius 2 is 1.92 bits per heavy atom. The van der Waals surface area contributed by atoms with E-state index in [4.69, 9.17) is 19.5 Å². The summed E-state index contributed by atoms with van der Waals surface area (Å²) in [7, 11) is 1.39. The fourth-order valence-electron chi connectivity index (χ4n) is 2.69. The van der Waals surface area contributed by atoms with Gasteiger partial charge >= 0.3 is 0 Å². The zero-order chi connectivity index (χ0) is 17.9. The topological polar surface area (TPSA) is 153 Å². The van der Waals surface area contributed by atoms with Crippen LogP contribution in [-0.4, -0.2) is 88.3 Å². The largest absolute Gasteiger partial charge is 0.394 e. The molecule has 5 N–H and O–H groups in total. The maximum atomic E-state index is 10.3. The summed E-state index contributed by atoms with van der Waals surface area (Å²) in [6.07, 6.45) is -5.97. The van der Waals surface area contributed by atoms with Gasteiger partial charge in [0, 0.05) is 13.2 Å². The second-order valence-electron chi connectivity index (χ2n) is 5.58. The molecule has 1 heterocycles. The van der Waals surface area contributed by atoms with Gasteiger partial charge < -0.3 is 39.7 Å². The monoisotopic (exact) mass is 343 g/mol. The van der Waals surface area contributed by atoms with E-state index in [0.717, 1.165) is 0 Å². The van der Waals surface area contributed by atoms with Crippen LogP contribution in [0.2, 0.25) is 0 Å². The van der Waals surface area contributed by atoms with Crippen LogP contribution in [0.5, 0.6) is 0 Å². The van der Waals surface area contributed by atoms with Crippen LogP contribution in [-0.2, 0) is 14.2 Å². The lowest BCUT2D eigenvalue weighted by Crippen LogP contribution is -2.60. The number of aliphatic hydroxyl groups is 5. The normalized spacial score (nSPS) is 44.5. The minimum absolute atomic E-state index is 0.329. The molecule has 0 aromatic carbocycles. The van der Waals surface area contributed by atoms with Crippen molar-refractivity contribution in [1.29, 1.82) is 5.26 Å².